The zero-order valence-electron chi connectivity index (χ0n) is 8.33. The van der Waals surface area contributed by atoms with Crippen LogP contribution in [0.3, 0.4) is 0 Å². The van der Waals surface area contributed by atoms with Crippen molar-refractivity contribution in [1.82, 2.24) is 4.98 Å². The van der Waals surface area contributed by atoms with Crippen molar-refractivity contribution in [1.29, 1.82) is 0 Å². The van der Waals surface area contributed by atoms with E-state index in [1.807, 2.05) is 25.1 Å². The second-order valence-electron chi connectivity index (χ2n) is 3.25. The maximum Gasteiger partial charge on any atom is 0.129 e. The second-order valence-corrected chi connectivity index (χ2v) is 4.17. The maximum absolute atomic E-state index is 5.22. The van der Waals surface area contributed by atoms with Crippen molar-refractivity contribution in [3.8, 4) is 0 Å². The number of anilines is 1. The molecule has 1 N–H and O–H groups in total. The summed E-state index contributed by atoms with van der Waals surface area (Å²) in [5.74, 6) is 1.79. The normalized spacial score (nSPS) is 10.3. The smallest absolute Gasteiger partial charge is 0.129 e. The van der Waals surface area contributed by atoms with Crippen LogP contribution in [0.4, 0.5) is 5.82 Å². The third kappa shape index (κ3) is 2.59. The fourth-order valence-electron chi connectivity index (χ4n) is 1.31. The van der Waals surface area contributed by atoms with Gasteiger partial charge in [0.05, 0.1) is 12.8 Å². The molecule has 0 amide bonds. The lowest BCUT2D eigenvalue weighted by molar-refractivity contribution is 0.518. The molecule has 78 valence electrons. The molecular weight excluding hydrogens is 256 g/mol. The fourth-order valence-corrected chi connectivity index (χ4v) is 1.76. The molecule has 0 aromatic carbocycles. The molecule has 0 aliphatic heterocycles. The molecular formula is C11H11BrN2O. The Morgan fingerprint density at radius 3 is 3.07 bits per heavy atom. The van der Waals surface area contributed by atoms with E-state index >= 15 is 0 Å². The molecule has 0 aliphatic rings. The third-order valence-corrected chi connectivity index (χ3v) is 2.49. The molecule has 0 atom stereocenters. The minimum Gasteiger partial charge on any atom is -0.467 e. The van der Waals surface area contributed by atoms with E-state index in [1.54, 1.807) is 12.5 Å². The van der Waals surface area contributed by atoms with Crippen LogP contribution in [0.25, 0.3) is 0 Å². The Morgan fingerprint density at radius 2 is 2.40 bits per heavy atom. The standard InChI is InChI=1S/C11H11BrN2O/c1-8-5-9(12)6-13-11(8)14-7-10-3-2-4-15-10/h2-6H,7H2,1H3,(H,13,14). The van der Waals surface area contributed by atoms with Crippen molar-refractivity contribution in [3.05, 3.63) is 46.5 Å². The average Bonchev–Trinajstić information content (AvgIpc) is 2.69. The number of hydrogen-bond donors (Lipinski definition) is 1. The highest BCUT2D eigenvalue weighted by Gasteiger charge is 2.01. The van der Waals surface area contributed by atoms with Crippen LogP contribution in [-0.2, 0) is 6.54 Å². The summed E-state index contributed by atoms with van der Waals surface area (Å²) in [6.07, 6.45) is 3.44. The van der Waals surface area contributed by atoms with Crippen molar-refractivity contribution < 1.29 is 4.42 Å². The highest BCUT2D eigenvalue weighted by Crippen LogP contribution is 2.17. The predicted octanol–water partition coefficient (Wildman–Crippen LogP) is 3.36. The molecule has 0 spiro atoms. The number of halogens is 1. The lowest BCUT2D eigenvalue weighted by atomic mass is 10.3. The summed E-state index contributed by atoms with van der Waals surface area (Å²) in [5.41, 5.74) is 1.11. The number of rotatable bonds is 3. The highest BCUT2D eigenvalue weighted by molar-refractivity contribution is 9.10. The molecule has 0 radical (unpaired) electrons. The molecule has 0 saturated carbocycles. The second kappa shape index (κ2) is 4.49. The Bertz CT molecular complexity index is 440. The largest absolute Gasteiger partial charge is 0.467 e. The molecule has 0 unspecified atom stereocenters. The summed E-state index contributed by atoms with van der Waals surface area (Å²) < 4.78 is 6.21. The SMILES string of the molecule is Cc1cc(Br)cnc1NCc1ccco1. The van der Waals surface area contributed by atoms with Gasteiger partial charge < -0.3 is 9.73 Å². The van der Waals surface area contributed by atoms with Gasteiger partial charge in [-0.05, 0) is 46.6 Å². The van der Waals surface area contributed by atoms with E-state index in [-0.39, 0.29) is 0 Å². The topological polar surface area (TPSA) is 38.1 Å². The van der Waals surface area contributed by atoms with Gasteiger partial charge in [-0.1, -0.05) is 0 Å². The van der Waals surface area contributed by atoms with Crippen molar-refractivity contribution in [3.63, 3.8) is 0 Å². The Labute approximate surface area is 96.6 Å². The van der Waals surface area contributed by atoms with Gasteiger partial charge in [-0.25, -0.2) is 4.98 Å². The van der Waals surface area contributed by atoms with Crippen LogP contribution in [0.5, 0.6) is 0 Å². The first-order valence-corrected chi connectivity index (χ1v) is 5.43. The van der Waals surface area contributed by atoms with Crippen LogP contribution in [0.15, 0.2) is 39.5 Å². The molecule has 0 aliphatic carbocycles. The van der Waals surface area contributed by atoms with E-state index in [0.29, 0.717) is 6.54 Å². The zero-order chi connectivity index (χ0) is 10.7. The van der Waals surface area contributed by atoms with Crippen LogP contribution in [0.1, 0.15) is 11.3 Å². The van der Waals surface area contributed by atoms with E-state index < -0.39 is 0 Å². The van der Waals surface area contributed by atoms with Crippen LogP contribution in [0.2, 0.25) is 0 Å². The summed E-state index contributed by atoms with van der Waals surface area (Å²) in [4.78, 5) is 4.28. The number of hydrogen-bond acceptors (Lipinski definition) is 3. The molecule has 2 rings (SSSR count). The van der Waals surface area contributed by atoms with Crippen molar-refractivity contribution in [2.75, 3.05) is 5.32 Å². The number of aromatic nitrogens is 1. The van der Waals surface area contributed by atoms with Gasteiger partial charge in [-0.15, -0.1) is 0 Å². The van der Waals surface area contributed by atoms with Gasteiger partial charge in [-0.2, -0.15) is 0 Å². The van der Waals surface area contributed by atoms with Crippen LogP contribution >= 0.6 is 15.9 Å². The van der Waals surface area contributed by atoms with Gasteiger partial charge in [0.2, 0.25) is 0 Å². The molecule has 15 heavy (non-hydrogen) atoms. The van der Waals surface area contributed by atoms with Gasteiger partial charge >= 0.3 is 0 Å². The minimum absolute atomic E-state index is 0.655. The van der Waals surface area contributed by atoms with Crippen LogP contribution in [0, 0.1) is 6.92 Å². The molecule has 2 aromatic heterocycles. The van der Waals surface area contributed by atoms with E-state index in [2.05, 4.69) is 26.2 Å². The molecule has 4 heteroatoms. The number of furan rings is 1. The first kappa shape index (κ1) is 10.2. The van der Waals surface area contributed by atoms with Crippen LogP contribution in [-0.4, -0.2) is 4.98 Å². The summed E-state index contributed by atoms with van der Waals surface area (Å²) >= 11 is 3.38. The quantitative estimate of drug-likeness (QED) is 0.926. The van der Waals surface area contributed by atoms with Crippen molar-refractivity contribution in [2.24, 2.45) is 0 Å². The molecule has 0 fully saturated rings. The molecule has 0 saturated heterocycles. The monoisotopic (exact) mass is 266 g/mol. The summed E-state index contributed by atoms with van der Waals surface area (Å²) in [6, 6.07) is 5.83. The molecule has 3 nitrogen and oxygen atoms in total. The lowest BCUT2D eigenvalue weighted by Crippen LogP contribution is -2.02. The molecule has 0 bridgehead atoms. The van der Waals surface area contributed by atoms with E-state index in [1.165, 1.54) is 0 Å². The lowest BCUT2D eigenvalue weighted by Gasteiger charge is -2.06. The fraction of sp³-hybridized carbons (Fsp3) is 0.182. The van der Waals surface area contributed by atoms with Gasteiger partial charge in [0.25, 0.3) is 0 Å². The van der Waals surface area contributed by atoms with E-state index in [9.17, 15) is 0 Å². The maximum atomic E-state index is 5.22. The molecule has 2 aromatic rings. The Morgan fingerprint density at radius 1 is 1.53 bits per heavy atom. The first-order valence-electron chi connectivity index (χ1n) is 4.64. The zero-order valence-corrected chi connectivity index (χ0v) is 9.91. The van der Waals surface area contributed by atoms with E-state index in [0.717, 1.165) is 21.6 Å². The van der Waals surface area contributed by atoms with Gasteiger partial charge in [0.1, 0.15) is 11.6 Å². The Kier molecular flexibility index (Phi) is 3.06. The van der Waals surface area contributed by atoms with E-state index in [4.69, 9.17) is 4.42 Å². The number of pyridine rings is 1. The Hall–Kier alpha value is -1.29. The molecule has 2 heterocycles. The number of nitrogens with one attached hydrogen (secondary N) is 1. The summed E-state index contributed by atoms with van der Waals surface area (Å²) in [5, 5.41) is 3.22. The van der Waals surface area contributed by atoms with Gasteiger partial charge in [0, 0.05) is 10.7 Å². The van der Waals surface area contributed by atoms with Gasteiger partial charge in [0.15, 0.2) is 0 Å². The van der Waals surface area contributed by atoms with Crippen molar-refractivity contribution >= 4 is 21.7 Å². The summed E-state index contributed by atoms with van der Waals surface area (Å²) in [6.45, 7) is 2.67. The van der Waals surface area contributed by atoms with Gasteiger partial charge in [-0.3, -0.25) is 0 Å². The third-order valence-electron chi connectivity index (χ3n) is 2.06. The predicted molar refractivity (Wildman–Crippen MR) is 62.7 cm³/mol. The highest BCUT2D eigenvalue weighted by atomic mass is 79.9. The minimum atomic E-state index is 0.655. The Balaban J connectivity index is 2.05. The van der Waals surface area contributed by atoms with Crippen LogP contribution < -0.4 is 5.32 Å². The number of aryl methyl sites for hydroxylation is 1. The van der Waals surface area contributed by atoms with Crippen molar-refractivity contribution in [2.45, 2.75) is 13.5 Å². The first-order chi connectivity index (χ1) is 7.25. The number of nitrogens with zero attached hydrogens (tertiary/aromatic N) is 1. The average molecular weight is 267 g/mol. The summed E-state index contributed by atoms with van der Waals surface area (Å²) in [7, 11) is 0.